The molecule has 1 atom stereocenters. The fourth-order valence-electron chi connectivity index (χ4n) is 0.943. The first-order valence-electron chi connectivity index (χ1n) is 4.22. The van der Waals surface area contributed by atoms with Gasteiger partial charge in [0.25, 0.3) is 0 Å². The Morgan fingerprint density at radius 3 is 2.86 bits per heavy atom. The lowest BCUT2D eigenvalue weighted by Gasteiger charge is -2.07. The molecule has 0 aromatic heterocycles. The standard InChI is InChI=1S/C10H12ClNO2/c1-7(11)10(13)12-8-4-3-5-9(6-8)14-2/h3-7H,1-2H3,(H,12,13)/t7-/m0/s1. The minimum Gasteiger partial charge on any atom is -0.497 e. The number of benzene rings is 1. The van der Waals surface area contributed by atoms with Crippen molar-refractivity contribution in [3.05, 3.63) is 24.3 Å². The molecule has 0 saturated carbocycles. The molecule has 0 saturated heterocycles. The van der Waals surface area contributed by atoms with Gasteiger partial charge >= 0.3 is 0 Å². The van der Waals surface area contributed by atoms with E-state index >= 15 is 0 Å². The van der Waals surface area contributed by atoms with Crippen LogP contribution in [0.3, 0.4) is 0 Å². The van der Waals surface area contributed by atoms with E-state index in [0.717, 1.165) is 0 Å². The maximum absolute atomic E-state index is 11.2. The zero-order chi connectivity index (χ0) is 10.6. The summed E-state index contributed by atoms with van der Waals surface area (Å²) in [5, 5.41) is 2.12. The highest BCUT2D eigenvalue weighted by molar-refractivity contribution is 6.32. The van der Waals surface area contributed by atoms with Gasteiger partial charge in [-0.2, -0.15) is 0 Å². The number of amides is 1. The molecule has 1 N–H and O–H groups in total. The smallest absolute Gasteiger partial charge is 0.242 e. The van der Waals surface area contributed by atoms with Crippen molar-refractivity contribution < 1.29 is 9.53 Å². The lowest BCUT2D eigenvalue weighted by Crippen LogP contribution is -2.20. The minimum absolute atomic E-state index is 0.222. The van der Waals surface area contributed by atoms with Gasteiger partial charge in [-0.3, -0.25) is 4.79 Å². The SMILES string of the molecule is COc1cccc(NC(=O)[C@H](C)Cl)c1. The molecule has 0 fully saturated rings. The van der Waals surface area contributed by atoms with E-state index in [1.807, 2.05) is 0 Å². The highest BCUT2D eigenvalue weighted by atomic mass is 35.5. The Morgan fingerprint density at radius 2 is 2.29 bits per heavy atom. The molecule has 1 rings (SSSR count). The number of alkyl halides is 1. The maximum Gasteiger partial charge on any atom is 0.242 e. The monoisotopic (exact) mass is 213 g/mol. The normalized spacial score (nSPS) is 11.9. The van der Waals surface area contributed by atoms with E-state index < -0.39 is 5.38 Å². The largest absolute Gasteiger partial charge is 0.497 e. The van der Waals surface area contributed by atoms with Crippen molar-refractivity contribution in [2.75, 3.05) is 12.4 Å². The molecule has 0 heterocycles. The molecule has 1 amide bonds. The van der Waals surface area contributed by atoms with Crippen molar-refractivity contribution in [2.45, 2.75) is 12.3 Å². The summed E-state index contributed by atoms with van der Waals surface area (Å²) in [6.45, 7) is 1.62. The van der Waals surface area contributed by atoms with Crippen LogP contribution >= 0.6 is 11.6 Å². The number of anilines is 1. The van der Waals surface area contributed by atoms with Gasteiger partial charge in [0.1, 0.15) is 11.1 Å². The summed E-state index contributed by atoms with van der Waals surface area (Å²) in [6, 6.07) is 7.12. The van der Waals surface area contributed by atoms with Crippen LogP contribution in [0.5, 0.6) is 5.75 Å². The summed E-state index contributed by atoms with van der Waals surface area (Å²) in [5.41, 5.74) is 0.682. The summed E-state index contributed by atoms with van der Waals surface area (Å²) < 4.78 is 5.01. The summed E-state index contributed by atoms with van der Waals surface area (Å²) in [4.78, 5) is 11.2. The number of hydrogen-bond donors (Lipinski definition) is 1. The van der Waals surface area contributed by atoms with Gasteiger partial charge in [0.15, 0.2) is 0 Å². The third-order valence-electron chi connectivity index (χ3n) is 1.70. The van der Waals surface area contributed by atoms with Crippen molar-refractivity contribution in [2.24, 2.45) is 0 Å². The van der Waals surface area contributed by atoms with E-state index in [-0.39, 0.29) is 5.91 Å². The predicted molar refractivity (Wildman–Crippen MR) is 56.9 cm³/mol. The minimum atomic E-state index is -0.541. The second-order valence-corrected chi connectivity index (χ2v) is 3.49. The summed E-state index contributed by atoms with van der Waals surface area (Å²) >= 11 is 5.61. The number of rotatable bonds is 3. The van der Waals surface area contributed by atoms with Crippen molar-refractivity contribution >= 4 is 23.2 Å². The van der Waals surface area contributed by atoms with Crippen LogP contribution in [0.1, 0.15) is 6.92 Å². The first-order valence-corrected chi connectivity index (χ1v) is 4.66. The molecule has 0 aliphatic carbocycles. The second-order valence-electron chi connectivity index (χ2n) is 2.84. The van der Waals surface area contributed by atoms with Gasteiger partial charge < -0.3 is 10.1 Å². The van der Waals surface area contributed by atoms with Crippen LogP contribution in [0, 0.1) is 0 Å². The fourth-order valence-corrected chi connectivity index (χ4v) is 0.997. The highest BCUT2D eigenvalue weighted by Crippen LogP contribution is 2.17. The fraction of sp³-hybridized carbons (Fsp3) is 0.300. The van der Waals surface area contributed by atoms with Crippen LogP contribution in [0.4, 0.5) is 5.69 Å². The molecular formula is C10H12ClNO2. The second kappa shape index (κ2) is 4.86. The van der Waals surface area contributed by atoms with E-state index in [9.17, 15) is 4.79 Å². The molecule has 14 heavy (non-hydrogen) atoms. The number of methoxy groups -OCH3 is 1. The van der Waals surface area contributed by atoms with Gasteiger partial charge in [-0.15, -0.1) is 11.6 Å². The van der Waals surface area contributed by atoms with Crippen molar-refractivity contribution in [1.82, 2.24) is 0 Å². The molecule has 4 heteroatoms. The van der Waals surface area contributed by atoms with Gasteiger partial charge in [-0.05, 0) is 19.1 Å². The van der Waals surface area contributed by atoms with Crippen LogP contribution in [-0.4, -0.2) is 18.4 Å². The molecule has 0 aliphatic heterocycles. The first-order chi connectivity index (χ1) is 6.63. The third-order valence-corrected chi connectivity index (χ3v) is 1.90. The molecule has 0 spiro atoms. The summed E-state index contributed by atoms with van der Waals surface area (Å²) in [6.07, 6.45) is 0. The Hall–Kier alpha value is -1.22. The van der Waals surface area contributed by atoms with E-state index in [4.69, 9.17) is 16.3 Å². The van der Waals surface area contributed by atoms with Crippen LogP contribution < -0.4 is 10.1 Å². The van der Waals surface area contributed by atoms with Crippen molar-refractivity contribution in [3.8, 4) is 5.75 Å². The third kappa shape index (κ3) is 2.92. The number of carbonyl (C=O) groups is 1. The molecular weight excluding hydrogens is 202 g/mol. The Morgan fingerprint density at radius 1 is 1.57 bits per heavy atom. The number of hydrogen-bond acceptors (Lipinski definition) is 2. The van der Waals surface area contributed by atoms with Crippen LogP contribution in [0.2, 0.25) is 0 Å². The molecule has 3 nitrogen and oxygen atoms in total. The lowest BCUT2D eigenvalue weighted by atomic mass is 10.3. The number of ether oxygens (including phenoxy) is 1. The number of nitrogens with one attached hydrogen (secondary N) is 1. The average Bonchev–Trinajstić information content (AvgIpc) is 2.18. The van der Waals surface area contributed by atoms with Gasteiger partial charge in [0.2, 0.25) is 5.91 Å². The lowest BCUT2D eigenvalue weighted by molar-refractivity contribution is -0.115. The summed E-state index contributed by atoms with van der Waals surface area (Å²) in [5.74, 6) is 0.477. The zero-order valence-corrected chi connectivity index (χ0v) is 8.84. The molecule has 1 aromatic carbocycles. The van der Waals surface area contributed by atoms with Crippen LogP contribution in [0.15, 0.2) is 24.3 Å². The highest BCUT2D eigenvalue weighted by Gasteiger charge is 2.08. The molecule has 76 valence electrons. The molecule has 0 radical (unpaired) electrons. The van der Waals surface area contributed by atoms with Gasteiger partial charge in [-0.1, -0.05) is 6.07 Å². The summed E-state index contributed by atoms with van der Waals surface area (Å²) in [7, 11) is 1.57. The molecule has 0 bridgehead atoms. The number of halogens is 1. The first kappa shape index (κ1) is 10.9. The van der Waals surface area contributed by atoms with Gasteiger partial charge in [0.05, 0.1) is 7.11 Å². The Balaban J connectivity index is 2.72. The Kier molecular flexibility index (Phi) is 3.77. The van der Waals surface area contributed by atoms with Crippen molar-refractivity contribution in [1.29, 1.82) is 0 Å². The zero-order valence-electron chi connectivity index (χ0n) is 8.08. The van der Waals surface area contributed by atoms with E-state index in [1.54, 1.807) is 38.3 Å². The van der Waals surface area contributed by atoms with Crippen LogP contribution in [-0.2, 0) is 4.79 Å². The van der Waals surface area contributed by atoms with Gasteiger partial charge in [0, 0.05) is 11.8 Å². The van der Waals surface area contributed by atoms with Gasteiger partial charge in [-0.25, -0.2) is 0 Å². The number of carbonyl (C=O) groups excluding carboxylic acids is 1. The maximum atomic E-state index is 11.2. The Labute approximate surface area is 88.0 Å². The topological polar surface area (TPSA) is 38.3 Å². The van der Waals surface area contributed by atoms with Crippen molar-refractivity contribution in [3.63, 3.8) is 0 Å². The quantitative estimate of drug-likeness (QED) is 0.783. The molecule has 1 aromatic rings. The predicted octanol–water partition coefficient (Wildman–Crippen LogP) is 2.26. The van der Waals surface area contributed by atoms with Crippen LogP contribution in [0.25, 0.3) is 0 Å². The average molecular weight is 214 g/mol. The van der Waals surface area contributed by atoms with E-state index in [1.165, 1.54) is 0 Å². The Bertz CT molecular complexity index is 326. The molecule has 0 unspecified atom stereocenters. The molecule has 0 aliphatic rings. The van der Waals surface area contributed by atoms with E-state index in [2.05, 4.69) is 5.32 Å². The van der Waals surface area contributed by atoms with E-state index in [0.29, 0.717) is 11.4 Å².